The molecule has 0 aliphatic carbocycles. The quantitative estimate of drug-likeness (QED) is 0.379. The number of fused-ring (bicyclic) bond motifs is 1. The Balaban J connectivity index is 1.86. The second-order valence-electron chi connectivity index (χ2n) is 8.47. The summed E-state index contributed by atoms with van der Waals surface area (Å²) in [5.74, 6) is -1.56. The Bertz CT molecular complexity index is 1540. The van der Waals surface area contributed by atoms with E-state index in [1.807, 2.05) is 18.2 Å². The van der Waals surface area contributed by atoms with Crippen LogP contribution in [0.3, 0.4) is 0 Å². The third kappa shape index (κ3) is 3.40. The summed E-state index contributed by atoms with van der Waals surface area (Å²) in [5, 5.41) is 12.4. The summed E-state index contributed by atoms with van der Waals surface area (Å²) >= 11 is 0. The Morgan fingerprint density at radius 3 is 2.82 bits per heavy atom. The van der Waals surface area contributed by atoms with Crippen molar-refractivity contribution in [2.45, 2.75) is 38.6 Å². The first-order chi connectivity index (χ1) is 15.9. The number of rotatable bonds is 4. The number of carbonyl (C=O) groups excluding carboxylic acids is 1. The van der Waals surface area contributed by atoms with E-state index in [-0.39, 0.29) is 28.9 Å². The summed E-state index contributed by atoms with van der Waals surface area (Å²) in [5.41, 5.74) is 2.64. The molecule has 0 amide bonds. The largest absolute Gasteiger partial charge is 0.508 e. The lowest BCUT2D eigenvalue weighted by Gasteiger charge is -2.24. The smallest absolute Gasteiger partial charge is 0.336 e. The normalized spacial score (nSPS) is 13.9. The molecule has 0 saturated carbocycles. The van der Waals surface area contributed by atoms with E-state index in [1.165, 1.54) is 19.2 Å². The Kier molecular flexibility index (Phi) is 5.04. The van der Waals surface area contributed by atoms with Gasteiger partial charge in [-0.3, -0.25) is 9.59 Å². The molecule has 0 spiro atoms. The first-order valence-corrected chi connectivity index (χ1v) is 10.9. The van der Waals surface area contributed by atoms with Crippen molar-refractivity contribution in [2.24, 2.45) is 0 Å². The van der Waals surface area contributed by atoms with Gasteiger partial charge >= 0.3 is 11.6 Å². The van der Waals surface area contributed by atoms with Crippen LogP contribution in [-0.2, 0) is 22.5 Å². The molecule has 0 fully saturated rings. The molecule has 168 valence electrons. The fourth-order valence-electron chi connectivity index (χ4n) is 4.98. The van der Waals surface area contributed by atoms with Gasteiger partial charge in [-0.15, -0.1) is 0 Å². The minimum atomic E-state index is -0.864. The van der Waals surface area contributed by atoms with Crippen LogP contribution in [0.15, 0.2) is 56.5 Å². The average molecular weight is 445 g/mol. The number of phenolic OH excluding ortho intramolecular Hbond substituents is 1. The van der Waals surface area contributed by atoms with Crippen molar-refractivity contribution in [3.8, 4) is 5.75 Å². The van der Waals surface area contributed by atoms with E-state index < -0.39 is 17.5 Å². The van der Waals surface area contributed by atoms with Gasteiger partial charge in [0, 0.05) is 35.0 Å². The van der Waals surface area contributed by atoms with E-state index in [2.05, 4.69) is 0 Å². The number of hydrogen-bond donors (Lipinski definition) is 1. The van der Waals surface area contributed by atoms with Gasteiger partial charge in [-0.1, -0.05) is 18.2 Å². The lowest BCUT2D eigenvalue weighted by atomic mass is 9.85. The SMILES string of the molecule is COC(=O)CC(c1cc2cccc3c2n(c1=O)CCC3)c1c(O)ccc2c(C)cc(=O)oc12. The van der Waals surface area contributed by atoms with Gasteiger partial charge in [0.2, 0.25) is 0 Å². The molecule has 1 aliphatic heterocycles. The fraction of sp³-hybridized carbons (Fsp3) is 0.269. The molecule has 2 aromatic carbocycles. The summed E-state index contributed by atoms with van der Waals surface area (Å²) in [6, 6.07) is 12.2. The standard InChI is InChI=1S/C26H23NO6/c1-14-11-22(30)33-25-17(14)8-9-20(28)23(25)18(13-21(29)32-2)19-12-16-6-3-5-15-7-4-10-27(24(15)16)26(19)31/h3,5-6,8-9,11-12,18,28H,4,7,10,13H2,1-2H3. The van der Waals surface area contributed by atoms with Gasteiger partial charge < -0.3 is 18.8 Å². The molecule has 7 heteroatoms. The van der Waals surface area contributed by atoms with Crippen LogP contribution in [0.1, 0.15) is 41.0 Å². The number of methoxy groups -OCH3 is 1. The maximum atomic E-state index is 13.7. The minimum absolute atomic E-state index is 0.156. The highest BCUT2D eigenvalue weighted by atomic mass is 16.5. The van der Waals surface area contributed by atoms with E-state index in [1.54, 1.807) is 23.6 Å². The fourth-order valence-corrected chi connectivity index (χ4v) is 4.98. The minimum Gasteiger partial charge on any atom is -0.508 e. The van der Waals surface area contributed by atoms with Crippen molar-refractivity contribution in [1.29, 1.82) is 0 Å². The van der Waals surface area contributed by atoms with Crippen LogP contribution < -0.4 is 11.2 Å². The molecule has 5 rings (SSSR count). The van der Waals surface area contributed by atoms with E-state index in [0.717, 1.165) is 29.3 Å². The topological polar surface area (TPSA) is 98.7 Å². The zero-order valence-corrected chi connectivity index (χ0v) is 18.4. The van der Waals surface area contributed by atoms with Crippen molar-refractivity contribution in [2.75, 3.05) is 7.11 Å². The Morgan fingerprint density at radius 1 is 1.21 bits per heavy atom. The summed E-state index contributed by atoms with van der Waals surface area (Å²) in [4.78, 5) is 38.3. The summed E-state index contributed by atoms with van der Waals surface area (Å²) in [6.45, 7) is 2.34. The van der Waals surface area contributed by atoms with Gasteiger partial charge in [0.1, 0.15) is 11.3 Å². The van der Waals surface area contributed by atoms with Crippen LogP contribution in [0.5, 0.6) is 5.75 Å². The highest BCUT2D eigenvalue weighted by molar-refractivity contribution is 5.88. The van der Waals surface area contributed by atoms with E-state index in [9.17, 15) is 19.5 Å². The van der Waals surface area contributed by atoms with Gasteiger partial charge in [0.15, 0.2) is 0 Å². The van der Waals surface area contributed by atoms with Crippen molar-refractivity contribution in [1.82, 2.24) is 4.57 Å². The lowest BCUT2D eigenvalue weighted by molar-refractivity contribution is -0.140. The number of aromatic hydroxyl groups is 1. The molecular weight excluding hydrogens is 422 g/mol. The van der Waals surface area contributed by atoms with Crippen LogP contribution in [0.2, 0.25) is 0 Å². The zero-order valence-electron chi connectivity index (χ0n) is 18.4. The average Bonchev–Trinajstić information content (AvgIpc) is 2.80. The second-order valence-corrected chi connectivity index (χ2v) is 8.47. The van der Waals surface area contributed by atoms with Gasteiger partial charge in [-0.2, -0.15) is 0 Å². The second kappa shape index (κ2) is 7.92. The van der Waals surface area contributed by atoms with E-state index >= 15 is 0 Å². The molecule has 1 atom stereocenters. The van der Waals surface area contributed by atoms with Crippen molar-refractivity contribution >= 4 is 27.8 Å². The molecule has 33 heavy (non-hydrogen) atoms. The molecular formula is C26H23NO6. The lowest BCUT2D eigenvalue weighted by Crippen LogP contribution is -2.29. The number of benzene rings is 2. The van der Waals surface area contributed by atoms with Crippen LogP contribution in [0.25, 0.3) is 21.9 Å². The third-order valence-corrected chi connectivity index (χ3v) is 6.51. The Morgan fingerprint density at radius 2 is 2.03 bits per heavy atom. The zero-order chi connectivity index (χ0) is 23.3. The van der Waals surface area contributed by atoms with Crippen LogP contribution >= 0.6 is 0 Å². The highest BCUT2D eigenvalue weighted by Crippen LogP contribution is 2.39. The summed E-state index contributed by atoms with van der Waals surface area (Å²) in [7, 11) is 1.27. The Hall–Kier alpha value is -3.87. The van der Waals surface area contributed by atoms with E-state index in [0.29, 0.717) is 23.1 Å². The number of phenols is 1. The number of aryl methyl sites for hydroxylation is 3. The molecule has 4 aromatic rings. The number of ether oxygens (including phenoxy) is 1. The number of para-hydroxylation sites is 1. The molecule has 1 unspecified atom stereocenters. The van der Waals surface area contributed by atoms with Gasteiger partial charge in [-0.05, 0) is 54.5 Å². The number of hydrogen-bond acceptors (Lipinski definition) is 6. The van der Waals surface area contributed by atoms with E-state index in [4.69, 9.17) is 9.15 Å². The Labute approximate surface area is 188 Å². The van der Waals surface area contributed by atoms with Crippen LogP contribution in [0.4, 0.5) is 0 Å². The summed E-state index contributed by atoms with van der Waals surface area (Å²) < 4.78 is 12.2. The molecule has 1 N–H and O–H groups in total. The summed E-state index contributed by atoms with van der Waals surface area (Å²) in [6.07, 6.45) is 1.54. The van der Waals surface area contributed by atoms with Crippen molar-refractivity contribution in [3.63, 3.8) is 0 Å². The number of esters is 1. The monoisotopic (exact) mass is 445 g/mol. The predicted octanol–water partition coefficient (Wildman–Crippen LogP) is 3.76. The van der Waals surface area contributed by atoms with Gasteiger partial charge in [0.25, 0.3) is 5.56 Å². The first kappa shape index (κ1) is 21.0. The number of carbonyl (C=O) groups is 1. The molecule has 7 nitrogen and oxygen atoms in total. The molecule has 3 heterocycles. The van der Waals surface area contributed by atoms with Crippen molar-refractivity contribution in [3.05, 3.63) is 85.5 Å². The number of aromatic nitrogens is 1. The molecule has 2 aromatic heterocycles. The van der Waals surface area contributed by atoms with Gasteiger partial charge in [0.05, 0.1) is 19.0 Å². The third-order valence-electron chi connectivity index (χ3n) is 6.51. The number of nitrogens with zero attached hydrogens (tertiary/aromatic N) is 1. The molecule has 1 aliphatic rings. The molecule has 0 bridgehead atoms. The number of pyridine rings is 1. The highest BCUT2D eigenvalue weighted by Gasteiger charge is 2.30. The molecule has 0 radical (unpaired) electrons. The predicted molar refractivity (Wildman–Crippen MR) is 124 cm³/mol. The molecule has 0 saturated heterocycles. The maximum Gasteiger partial charge on any atom is 0.336 e. The first-order valence-electron chi connectivity index (χ1n) is 10.9. The maximum absolute atomic E-state index is 13.7. The van der Waals surface area contributed by atoms with Gasteiger partial charge in [-0.25, -0.2) is 4.79 Å². The van der Waals surface area contributed by atoms with Crippen molar-refractivity contribution < 1.29 is 19.1 Å². The van der Waals surface area contributed by atoms with Crippen LogP contribution in [0, 0.1) is 6.92 Å². The van der Waals surface area contributed by atoms with Crippen LogP contribution in [-0.4, -0.2) is 22.8 Å².